The zero-order chi connectivity index (χ0) is 14.6. The Hall–Kier alpha value is 0.683. The Morgan fingerprint density at radius 3 is 1.78 bits per heavy atom. The first-order valence-electron chi connectivity index (χ1n) is 6.10. The summed E-state index contributed by atoms with van der Waals surface area (Å²) in [6.07, 6.45) is 5.55. The fourth-order valence-corrected chi connectivity index (χ4v) is 1.28. The summed E-state index contributed by atoms with van der Waals surface area (Å²) in [6.45, 7) is 4.25. The number of ketones is 1. The van der Waals surface area contributed by atoms with Crippen LogP contribution in [0.5, 0.6) is 0 Å². The summed E-state index contributed by atoms with van der Waals surface area (Å²) in [5.41, 5.74) is 1.11. The SMILES string of the molecule is CC1=[C-]C(=O)CCC1.CN(C)CCN(C)C.[Zn+][I]. The van der Waals surface area contributed by atoms with Crippen molar-refractivity contribution in [3.05, 3.63) is 11.6 Å². The summed E-state index contributed by atoms with van der Waals surface area (Å²) in [4.78, 5) is 14.9. The van der Waals surface area contributed by atoms with Gasteiger partial charge in [0, 0.05) is 13.1 Å². The molecule has 18 heavy (non-hydrogen) atoms. The predicted molar refractivity (Wildman–Crippen MR) is 82.4 cm³/mol. The molecule has 0 heterocycles. The molecule has 0 amide bonds. The normalized spacial score (nSPS) is 14.6. The maximum atomic E-state index is 10.5. The Morgan fingerprint density at radius 1 is 1.11 bits per heavy atom. The van der Waals surface area contributed by atoms with Crippen LogP contribution in [0.25, 0.3) is 0 Å². The minimum atomic E-state index is 0.175. The zero-order valence-electron chi connectivity index (χ0n) is 12.4. The molecule has 0 saturated heterocycles. The van der Waals surface area contributed by atoms with Crippen LogP contribution in [0, 0.1) is 6.08 Å². The van der Waals surface area contributed by atoms with E-state index in [1.54, 1.807) is 0 Å². The van der Waals surface area contributed by atoms with Crippen molar-refractivity contribution < 1.29 is 19.6 Å². The van der Waals surface area contributed by atoms with Crippen LogP contribution in [0.15, 0.2) is 5.57 Å². The van der Waals surface area contributed by atoms with E-state index in [1.165, 1.54) is 14.8 Å². The van der Waals surface area contributed by atoms with Crippen molar-refractivity contribution in [2.75, 3.05) is 41.3 Å². The van der Waals surface area contributed by atoms with Gasteiger partial charge in [-0.05, 0) is 46.8 Å². The van der Waals surface area contributed by atoms with E-state index >= 15 is 0 Å². The summed E-state index contributed by atoms with van der Waals surface area (Å²) in [7, 11) is 8.35. The molecular formula is C13H25IN2OZn. The number of allylic oxidation sites excluding steroid dienone is 2. The Balaban J connectivity index is 0. The molecule has 0 unspecified atom stereocenters. The minimum absolute atomic E-state index is 0.175. The molecule has 102 valence electrons. The second-order valence-electron chi connectivity index (χ2n) is 4.79. The number of nitrogens with zero attached hydrogens (tertiary/aromatic N) is 2. The van der Waals surface area contributed by atoms with Crippen LogP contribution in [0.3, 0.4) is 0 Å². The van der Waals surface area contributed by atoms with E-state index in [-0.39, 0.29) is 5.78 Å². The molecule has 0 fully saturated rings. The standard InChI is InChI=1S/C7H9O.C6H16N2.HI.Zn/c1-6-3-2-4-7(8)5-6;1-7(2)5-6-8(3)4;;/h2-4H2,1H3;5-6H2,1-4H3;1H;/q-1;;;+2/p-1. The third-order valence-corrected chi connectivity index (χ3v) is 2.30. The third kappa shape index (κ3) is 16.7. The summed E-state index contributed by atoms with van der Waals surface area (Å²) >= 11 is 3.62. The van der Waals surface area contributed by atoms with Gasteiger partial charge >= 0.3 is 34.5 Å². The third-order valence-electron chi connectivity index (χ3n) is 2.30. The molecule has 0 radical (unpaired) electrons. The van der Waals surface area contributed by atoms with Crippen LogP contribution in [-0.2, 0) is 19.6 Å². The van der Waals surface area contributed by atoms with E-state index in [0.29, 0.717) is 6.42 Å². The van der Waals surface area contributed by atoms with Crippen LogP contribution >= 0.6 is 19.8 Å². The average Bonchev–Trinajstić information content (AvgIpc) is 2.29. The van der Waals surface area contributed by atoms with E-state index < -0.39 is 0 Å². The van der Waals surface area contributed by atoms with Crippen LogP contribution in [0.2, 0.25) is 0 Å². The van der Waals surface area contributed by atoms with Crippen molar-refractivity contribution in [1.82, 2.24) is 9.80 Å². The average molecular weight is 418 g/mol. The van der Waals surface area contributed by atoms with Crippen LogP contribution in [-0.4, -0.2) is 56.9 Å². The summed E-state index contributed by atoms with van der Waals surface area (Å²) in [5, 5.41) is 0. The second-order valence-corrected chi connectivity index (χ2v) is 4.79. The second kappa shape index (κ2) is 14.1. The number of halogens is 1. The van der Waals surface area contributed by atoms with Gasteiger partial charge in [0.1, 0.15) is 0 Å². The monoisotopic (exact) mass is 416 g/mol. The van der Waals surface area contributed by atoms with Crippen molar-refractivity contribution in [3.8, 4) is 0 Å². The van der Waals surface area contributed by atoms with Gasteiger partial charge < -0.3 is 20.7 Å². The molecule has 0 aromatic rings. The molecule has 3 nitrogen and oxygen atoms in total. The van der Waals surface area contributed by atoms with Gasteiger partial charge in [-0.2, -0.15) is 0 Å². The topological polar surface area (TPSA) is 23.6 Å². The molecule has 0 spiro atoms. The molecule has 0 N–H and O–H groups in total. The summed E-state index contributed by atoms with van der Waals surface area (Å²) < 4.78 is 0. The van der Waals surface area contributed by atoms with E-state index in [9.17, 15) is 4.79 Å². The van der Waals surface area contributed by atoms with Gasteiger partial charge in [0.05, 0.1) is 0 Å². The fraction of sp³-hybridized carbons (Fsp3) is 0.769. The van der Waals surface area contributed by atoms with Crippen molar-refractivity contribution in [3.63, 3.8) is 0 Å². The molecule has 1 rings (SSSR count). The quantitative estimate of drug-likeness (QED) is 0.400. The number of hydrogen-bond acceptors (Lipinski definition) is 3. The number of Topliss-reactive ketones (excluding diaryl/α,β-unsaturated/α-hetero) is 1. The number of likely N-dealkylation sites (N-methyl/N-ethyl adjacent to an activating group) is 2. The van der Waals surface area contributed by atoms with Gasteiger partial charge in [-0.25, -0.2) is 0 Å². The Labute approximate surface area is 133 Å². The van der Waals surface area contributed by atoms with E-state index in [0.717, 1.165) is 31.5 Å². The first kappa shape index (κ1) is 21.0. The van der Waals surface area contributed by atoms with E-state index in [4.69, 9.17) is 0 Å². The molecule has 1 aliphatic rings. The molecular weight excluding hydrogens is 392 g/mol. The zero-order valence-corrected chi connectivity index (χ0v) is 17.5. The molecule has 1 aliphatic carbocycles. The van der Waals surface area contributed by atoms with Gasteiger partial charge in [0.2, 0.25) is 0 Å². The number of carbonyl (C=O) groups is 1. The molecule has 0 atom stereocenters. The van der Waals surface area contributed by atoms with Crippen molar-refractivity contribution in [2.24, 2.45) is 0 Å². The molecule has 0 aliphatic heterocycles. The Morgan fingerprint density at radius 2 is 1.56 bits per heavy atom. The number of hydrogen-bond donors (Lipinski definition) is 0. The molecule has 0 aromatic carbocycles. The molecule has 0 aromatic heterocycles. The van der Waals surface area contributed by atoms with Gasteiger partial charge in [-0.15, -0.1) is 0 Å². The summed E-state index contributed by atoms with van der Waals surface area (Å²) in [5.74, 6) is 0.175. The van der Waals surface area contributed by atoms with Gasteiger partial charge in [-0.1, -0.05) is 13.3 Å². The Bertz CT molecular complexity index is 235. The van der Waals surface area contributed by atoms with Crippen molar-refractivity contribution in [2.45, 2.75) is 26.2 Å². The Kier molecular flexibility index (Phi) is 16.4. The maximum absolute atomic E-state index is 10.5. The van der Waals surface area contributed by atoms with Crippen molar-refractivity contribution in [1.29, 1.82) is 0 Å². The number of rotatable bonds is 3. The van der Waals surface area contributed by atoms with Gasteiger partial charge in [0.15, 0.2) is 0 Å². The molecule has 0 bridgehead atoms. The molecule has 5 heteroatoms. The molecule has 0 saturated carbocycles. The first-order valence-corrected chi connectivity index (χ1v) is 15.1. The number of carbonyl (C=O) groups excluding carboxylic acids is 1. The van der Waals surface area contributed by atoms with Crippen LogP contribution < -0.4 is 0 Å². The van der Waals surface area contributed by atoms with E-state index in [2.05, 4.69) is 63.8 Å². The van der Waals surface area contributed by atoms with Crippen molar-refractivity contribution >= 4 is 25.5 Å². The summed E-state index contributed by atoms with van der Waals surface area (Å²) in [6, 6.07) is 0. The van der Waals surface area contributed by atoms with Gasteiger partial charge in [-0.3, -0.25) is 5.57 Å². The van der Waals surface area contributed by atoms with Gasteiger partial charge in [0.25, 0.3) is 0 Å². The van der Waals surface area contributed by atoms with E-state index in [1.807, 2.05) is 6.92 Å². The fourth-order valence-electron chi connectivity index (χ4n) is 1.28. The van der Waals surface area contributed by atoms with Crippen LogP contribution in [0.4, 0.5) is 0 Å². The first-order chi connectivity index (χ1) is 8.41. The van der Waals surface area contributed by atoms with Crippen LogP contribution in [0.1, 0.15) is 26.2 Å². The predicted octanol–water partition coefficient (Wildman–Crippen LogP) is 2.48.